The molecular formula is C18H19N3O3S2. The first kappa shape index (κ1) is 18.5. The van der Waals surface area contributed by atoms with Crippen LogP contribution in [-0.4, -0.2) is 35.0 Å². The fraction of sp³-hybridized carbons (Fsp3) is 0.278. The molecule has 0 saturated carbocycles. The molecule has 1 amide bonds. The van der Waals surface area contributed by atoms with E-state index in [1.807, 2.05) is 42.6 Å². The third kappa shape index (κ3) is 4.86. The molecule has 0 aliphatic heterocycles. The van der Waals surface area contributed by atoms with Gasteiger partial charge in [0.2, 0.25) is 11.8 Å². The molecule has 136 valence electrons. The number of ether oxygens (including phenoxy) is 1. The summed E-state index contributed by atoms with van der Waals surface area (Å²) in [4.78, 5) is 13.4. The maximum Gasteiger partial charge on any atom is 0.277 e. The van der Waals surface area contributed by atoms with Gasteiger partial charge < -0.3 is 14.5 Å². The second kappa shape index (κ2) is 8.86. The summed E-state index contributed by atoms with van der Waals surface area (Å²) >= 11 is 2.94. The highest BCUT2D eigenvalue weighted by molar-refractivity contribution is 8.00. The van der Waals surface area contributed by atoms with E-state index in [9.17, 15) is 4.79 Å². The lowest BCUT2D eigenvalue weighted by atomic mass is 10.2. The Bertz CT molecular complexity index is 832. The minimum atomic E-state index is -0.317. The molecule has 1 unspecified atom stereocenters. The van der Waals surface area contributed by atoms with E-state index in [-0.39, 0.29) is 11.2 Å². The Balaban J connectivity index is 1.51. The van der Waals surface area contributed by atoms with Crippen LogP contribution in [0.5, 0.6) is 5.75 Å². The number of thioether (sulfide) groups is 1. The van der Waals surface area contributed by atoms with Crippen LogP contribution >= 0.6 is 23.1 Å². The summed E-state index contributed by atoms with van der Waals surface area (Å²) in [6, 6.07) is 11.4. The Morgan fingerprint density at radius 2 is 2.12 bits per heavy atom. The largest absolute Gasteiger partial charge is 0.497 e. The highest BCUT2D eigenvalue weighted by Gasteiger charge is 2.18. The number of carbonyl (C=O) groups is 1. The SMILES string of the molecule is COc1ccc(-c2nnc(SC(C)C(=O)NCCc3cccs3)o2)cc1. The lowest BCUT2D eigenvalue weighted by Crippen LogP contribution is -2.32. The zero-order chi connectivity index (χ0) is 18.4. The molecule has 2 heterocycles. The van der Waals surface area contributed by atoms with Crippen molar-refractivity contribution in [3.63, 3.8) is 0 Å². The monoisotopic (exact) mass is 389 g/mol. The van der Waals surface area contributed by atoms with Gasteiger partial charge in [0.25, 0.3) is 5.22 Å². The van der Waals surface area contributed by atoms with Gasteiger partial charge in [-0.15, -0.1) is 21.5 Å². The normalized spacial score (nSPS) is 11.9. The number of methoxy groups -OCH3 is 1. The van der Waals surface area contributed by atoms with Crippen molar-refractivity contribution in [3.8, 4) is 17.2 Å². The first-order valence-corrected chi connectivity index (χ1v) is 9.86. The van der Waals surface area contributed by atoms with Gasteiger partial charge >= 0.3 is 0 Å². The highest BCUT2D eigenvalue weighted by Crippen LogP contribution is 2.27. The van der Waals surface area contributed by atoms with Crippen molar-refractivity contribution >= 4 is 29.0 Å². The van der Waals surface area contributed by atoms with Gasteiger partial charge in [0.15, 0.2) is 0 Å². The average Bonchev–Trinajstić information content (AvgIpc) is 3.34. The van der Waals surface area contributed by atoms with E-state index < -0.39 is 0 Å². The van der Waals surface area contributed by atoms with Crippen LogP contribution < -0.4 is 10.1 Å². The zero-order valence-electron chi connectivity index (χ0n) is 14.5. The maximum absolute atomic E-state index is 12.2. The van der Waals surface area contributed by atoms with Gasteiger partial charge in [-0.3, -0.25) is 4.79 Å². The maximum atomic E-state index is 12.2. The summed E-state index contributed by atoms with van der Waals surface area (Å²) in [7, 11) is 1.61. The van der Waals surface area contributed by atoms with Gasteiger partial charge in [-0.1, -0.05) is 17.8 Å². The lowest BCUT2D eigenvalue weighted by molar-refractivity contribution is -0.120. The number of amides is 1. The summed E-state index contributed by atoms with van der Waals surface area (Å²) in [6.07, 6.45) is 0.836. The molecule has 0 fully saturated rings. The van der Waals surface area contributed by atoms with E-state index in [0.29, 0.717) is 17.7 Å². The molecule has 6 nitrogen and oxygen atoms in total. The molecule has 2 aromatic heterocycles. The van der Waals surface area contributed by atoms with Crippen molar-refractivity contribution < 1.29 is 13.9 Å². The second-order valence-electron chi connectivity index (χ2n) is 5.48. The fourth-order valence-corrected chi connectivity index (χ4v) is 3.64. The number of carbonyl (C=O) groups excluding carboxylic acids is 1. The van der Waals surface area contributed by atoms with E-state index in [1.54, 1.807) is 18.4 Å². The fourth-order valence-electron chi connectivity index (χ4n) is 2.22. The summed E-state index contributed by atoms with van der Waals surface area (Å²) in [5.41, 5.74) is 0.804. The second-order valence-corrected chi connectivity index (χ2v) is 7.81. The molecule has 3 aromatic rings. The molecule has 1 atom stereocenters. The molecule has 8 heteroatoms. The van der Waals surface area contributed by atoms with Gasteiger partial charge in [0.1, 0.15) is 5.75 Å². The van der Waals surface area contributed by atoms with Crippen LogP contribution in [0.4, 0.5) is 0 Å². The average molecular weight is 390 g/mol. The third-order valence-corrected chi connectivity index (χ3v) is 5.51. The number of aromatic nitrogens is 2. The van der Waals surface area contributed by atoms with Gasteiger partial charge in [0.05, 0.1) is 12.4 Å². The van der Waals surface area contributed by atoms with Crippen LogP contribution in [0.1, 0.15) is 11.8 Å². The van der Waals surface area contributed by atoms with Gasteiger partial charge in [-0.2, -0.15) is 0 Å². The smallest absolute Gasteiger partial charge is 0.277 e. The summed E-state index contributed by atoms with van der Waals surface area (Å²) in [5, 5.41) is 13.1. The van der Waals surface area contributed by atoms with Gasteiger partial charge in [0, 0.05) is 17.0 Å². The number of nitrogens with zero attached hydrogens (tertiary/aromatic N) is 2. The molecule has 1 aromatic carbocycles. The van der Waals surface area contributed by atoms with Crippen LogP contribution in [-0.2, 0) is 11.2 Å². The standard InChI is InChI=1S/C18H19N3O3S2/c1-12(16(22)19-10-9-15-4-3-11-25-15)26-18-21-20-17(24-18)13-5-7-14(23-2)8-6-13/h3-8,11-12H,9-10H2,1-2H3,(H,19,22). The molecule has 26 heavy (non-hydrogen) atoms. The van der Waals surface area contributed by atoms with Crippen molar-refractivity contribution in [2.45, 2.75) is 23.8 Å². The lowest BCUT2D eigenvalue weighted by Gasteiger charge is -2.09. The van der Waals surface area contributed by atoms with Crippen molar-refractivity contribution in [1.82, 2.24) is 15.5 Å². The van der Waals surface area contributed by atoms with Crippen molar-refractivity contribution in [3.05, 3.63) is 46.7 Å². The number of hydrogen-bond acceptors (Lipinski definition) is 7. The zero-order valence-corrected chi connectivity index (χ0v) is 16.1. The number of benzene rings is 1. The summed E-state index contributed by atoms with van der Waals surface area (Å²) < 4.78 is 10.8. The van der Waals surface area contributed by atoms with Gasteiger partial charge in [-0.25, -0.2) is 0 Å². The quantitative estimate of drug-likeness (QED) is 0.593. The van der Waals surface area contributed by atoms with Crippen molar-refractivity contribution in [1.29, 1.82) is 0 Å². The number of thiophene rings is 1. The molecule has 0 bridgehead atoms. The number of rotatable bonds is 8. The first-order valence-electron chi connectivity index (χ1n) is 8.10. The van der Waals surface area contributed by atoms with Crippen LogP contribution in [0.3, 0.4) is 0 Å². The van der Waals surface area contributed by atoms with Crippen LogP contribution in [0.2, 0.25) is 0 Å². The van der Waals surface area contributed by atoms with Crippen LogP contribution in [0, 0.1) is 0 Å². The Labute approximate surface area is 160 Å². The van der Waals surface area contributed by atoms with E-state index in [4.69, 9.17) is 9.15 Å². The van der Waals surface area contributed by atoms with Crippen LogP contribution in [0.25, 0.3) is 11.5 Å². The van der Waals surface area contributed by atoms with E-state index in [2.05, 4.69) is 21.6 Å². The molecule has 0 saturated heterocycles. The predicted octanol–water partition coefficient (Wildman–Crippen LogP) is 3.65. The molecular weight excluding hydrogens is 370 g/mol. The van der Waals surface area contributed by atoms with E-state index in [1.165, 1.54) is 16.6 Å². The molecule has 0 radical (unpaired) electrons. The summed E-state index contributed by atoms with van der Waals surface area (Å²) in [6.45, 7) is 2.44. The molecule has 0 spiro atoms. The number of hydrogen-bond donors (Lipinski definition) is 1. The van der Waals surface area contributed by atoms with Gasteiger partial charge in [-0.05, 0) is 49.1 Å². The third-order valence-electron chi connectivity index (χ3n) is 3.64. The van der Waals surface area contributed by atoms with Crippen molar-refractivity contribution in [2.24, 2.45) is 0 Å². The van der Waals surface area contributed by atoms with E-state index in [0.717, 1.165) is 17.7 Å². The molecule has 3 rings (SSSR count). The molecule has 0 aliphatic carbocycles. The Morgan fingerprint density at radius 1 is 1.31 bits per heavy atom. The minimum absolute atomic E-state index is 0.0456. The molecule has 0 aliphatic rings. The number of nitrogens with one attached hydrogen (secondary N) is 1. The predicted molar refractivity (Wildman–Crippen MR) is 103 cm³/mol. The van der Waals surface area contributed by atoms with Crippen LogP contribution in [0.15, 0.2) is 51.4 Å². The first-order chi connectivity index (χ1) is 12.7. The highest BCUT2D eigenvalue weighted by atomic mass is 32.2. The summed E-state index contributed by atoms with van der Waals surface area (Å²) in [5.74, 6) is 1.13. The molecule has 1 N–H and O–H groups in total. The Kier molecular flexibility index (Phi) is 6.30. The Hall–Kier alpha value is -2.32. The topological polar surface area (TPSA) is 77.2 Å². The Morgan fingerprint density at radius 3 is 2.81 bits per heavy atom. The van der Waals surface area contributed by atoms with E-state index >= 15 is 0 Å². The van der Waals surface area contributed by atoms with Crippen molar-refractivity contribution in [2.75, 3.05) is 13.7 Å². The minimum Gasteiger partial charge on any atom is -0.497 e.